The van der Waals surface area contributed by atoms with Crippen LogP contribution in [0.3, 0.4) is 0 Å². The molecule has 0 aliphatic carbocycles. The molecular formula is C15H30N2O4. The molecule has 0 aliphatic rings. The summed E-state index contributed by atoms with van der Waals surface area (Å²) in [5, 5.41) is 21.3. The second-order valence-electron chi connectivity index (χ2n) is 6.37. The van der Waals surface area contributed by atoms with Crippen molar-refractivity contribution in [2.75, 3.05) is 13.2 Å². The van der Waals surface area contributed by atoms with E-state index in [1.54, 1.807) is 32.6 Å². The van der Waals surface area contributed by atoms with Crippen molar-refractivity contribution in [3.8, 4) is 0 Å². The first-order valence-electron chi connectivity index (χ1n) is 7.48. The molecule has 2 amide bonds. The lowest BCUT2D eigenvalue weighted by atomic mass is 9.74. The van der Waals surface area contributed by atoms with Crippen molar-refractivity contribution in [3.63, 3.8) is 0 Å². The molecule has 6 nitrogen and oxygen atoms in total. The van der Waals surface area contributed by atoms with E-state index < -0.39 is 16.9 Å². The number of rotatable bonds is 8. The van der Waals surface area contributed by atoms with Crippen molar-refractivity contribution in [3.05, 3.63) is 0 Å². The number of hydrogen-bond acceptors (Lipinski definition) is 3. The van der Waals surface area contributed by atoms with Gasteiger partial charge in [0.05, 0.1) is 17.6 Å². The number of hydrogen-bond donors (Lipinski definition) is 3. The van der Waals surface area contributed by atoms with Crippen molar-refractivity contribution in [2.24, 2.45) is 5.41 Å². The number of carboxylic acids is 1. The van der Waals surface area contributed by atoms with Gasteiger partial charge >= 0.3 is 12.0 Å². The molecule has 124 valence electrons. The van der Waals surface area contributed by atoms with Gasteiger partial charge in [0.25, 0.3) is 0 Å². The van der Waals surface area contributed by atoms with Crippen molar-refractivity contribution in [1.82, 2.24) is 10.2 Å². The Bertz CT molecular complexity index is 363. The number of carbonyl (C=O) groups is 2. The van der Waals surface area contributed by atoms with E-state index in [4.69, 9.17) is 5.11 Å². The average molecular weight is 302 g/mol. The molecule has 0 aromatic heterocycles. The van der Waals surface area contributed by atoms with Gasteiger partial charge in [-0.2, -0.15) is 0 Å². The predicted octanol–water partition coefficient (Wildman–Crippen LogP) is 2.07. The van der Waals surface area contributed by atoms with Crippen LogP contribution in [0.4, 0.5) is 4.79 Å². The largest absolute Gasteiger partial charge is 0.481 e. The molecular weight excluding hydrogens is 272 g/mol. The fourth-order valence-corrected chi connectivity index (χ4v) is 2.05. The topological polar surface area (TPSA) is 89.9 Å². The second-order valence-corrected chi connectivity index (χ2v) is 6.37. The first kappa shape index (κ1) is 19.7. The van der Waals surface area contributed by atoms with Gasteiger partial charge in [-0.1, -0.05) is 13.8 Å². The highest BCUT2D eigenvalue weighted by Crippen LogP contribution is 2.31. The van der Waals surface area contributed by atoms with Crippen LogP contribution in [-0.2, 0) is 4.79 Å². The van der Waals surface area contributed by atoms with Gasteiger partial charge in [0, 0.05) is 12.6 Å². The summed E-state index contributed by atoms with van der Waals surface area (Å²) >= 11 is 0. The maximum Gasteiger partial charge on any atom is 0.318 e. The van der Waals surface area contributed by atoms with Crippen molar-refractivity contribution >= 4 is 12.0 Å². The number of urea groups is 1. The van der Waals surface area contributed by atoms with Crippen molar-refractivity contribution in [2.45, 2.75) is 66.0 Å². The molecule has 0 unspecified atom stereocenters. The fraction of sp³-hybridized carbons (Fsp3) is 0.867. The highest BCUT2D eigenvalue weighted by molar-refractivity contribution is 5.80. The van der Waals surface area contributed by atoms with E-state index >= 15 is 0 Å². The summed E-state index contributed by atoms with van der Waals surface area (Å²) in [6, 6.07) is -0.307. The molecule has 0 aliphatic heterocycles. The van der Waals surface area contributed by atoms with E-state index in [9.17, 15) is 14.7 Å². The zero-order valence-electron chi connectivity index (χ0n) is 14.1. The van der Waals surface area contributed by atoms with E-state index in [1.165, 1.54) is 0 Å². The molecule has 0 fully saturated rings. The zero-order chi connectivity index (χ0) is 16.8. The summed E-state index contributed by atoms with van der Waals surface area (Å²) < 4.78 is 0. The Morgan fingerprint density at radius 2 is 1.62 bits per heavy atom. The van der Waals surface area contributed by atoms with Gasteiger partial charge in [-0.25, -0.2) is 4.79 Å². The van der Waals surface area contributed by atoms with Crippen LogP contribution in [0, 0.1) is 5.41 Å². The number of nitrogens with one attached hydrogen (secondary N) is 1. The average Bonchev–Trinajstić information content (AvgIpc) is 2.37. The number of nitrogens with zero attached hydrogens (tertiary/aromatic N) is 1. The second kappa shape index (κ2) is 7.64. The Balaban J connectivity index is 5.18. The molecule has 0 saturated heterocycles. The minimum Gasteiger partial charge on any atom is -0.481 e. The first-order valence-corrected chi connectivity index (χ1v) is 7.48. The summed E-state index contributed by atoms with van der Waals surface area (Å²) in [7, 11) is 0. The van der Waals surface area contributed by atoms with Gasteiger partial charge in [-0.05, 0) is 40.5 Å². The summed E-state index contributed by atoms with van der Waals surface area (Å²) in [6.07, 6.45) is 1.57. The predicted molar refractivity (Wildman–Crippen MR) is 82.2 cm³/mol. The van der Waals surface area contributed by atoms with Crippen LogP contribution in [0.2, 0.25) is 0 Å². The Labute approximate surface area is 127 Å². The third kappa shape index (κ3) is 4.59. The summed E-state index contributed by atoms with van der Waals surface area (Å²) in [6.45, 7) is 10.7. The van der Waals surface area contributed by atoms with E-state index in [0.29, 0.717) is 0 Å². The van der Waals surface area contributed by atoms with Crippen LogP contribution >= 0.6 is 0 Å². The minimum absolute atomic E-state index is 0.0286. The number of aliphatic carboxylic acids is 1. The molecule has 3 N–H and O–H groups in total. The maximum absolute atomic E-state index is 12.5. The Hall–Kier alpha value is -1.30. The van der Waals surface area contributed by atoms with Gasteiger partial charge in [0.2, 0.25) is 0 Å². The van der Waals surface area contributed by atoms with Crippen LogP contribution in [0.15, 0.2) is 0 Å². The molecule has 0 aromatic rings. The van der Waals surface area contributed by atoms with Crippen molar-refractivity contribution < 1.29 is 19.8 Å². The van der Waals surface area contributed by atoms with Gasteiger partial charge in [0.1, 0.15) is 0 Å². The number of carboxylic acid groups (broad SMARTS) is 1. The van der Waals surface area contributed by atoms with E-state index in [-0.39, 0.29) is 25.2 Å². The molecule has 0 heterocycles. The molecule has 0 radical (unpaired) electrons. The minimum atomic E-state index is -1.11. The van der Waals surface area contributed by atoms with Crippen LogP contribution in [0.1, 0.15) is 54.4 Å². The molecule has 0 rings (SSSR count). The van der Waals surface area contributed by atoms with E-state index in [2.05, 4.69) is 5.32 Å². The lowest BCUT2D eigenvalue weighted by Crippen LogP contribution is -2.61. The number of amides is 2. The van der Waals surface area contributed by atoms with Crippen LogP contribution in [0.25, 0.3) is 0 Å². The molecule has 6 heteroatoms. The SMILES string of the molecule is CCC(CC)N(CCO)C(=O)NC(C)(C)C(C)(C)C(=O)O. The highest BCUT2D eigenvalue weighted by atomic mass is 16.4. The molecule has 21 heavy (non-hydrogen) atoms. The van der Waals surface area contributed by atoms with Gasteiger partial charge in [0.15, 0.2) is 0 Å². The summed E-state index contributed by atoms with van der Waals surface area (Å²) in [5.41, 5.74) is -2.03. The van der Waals surface area contributed by atoms with Gasteiger partial charge in [-0.3, -0.25) is 4.79 Å². The normalized spacial score (nSPS) is 12.4. The van der Waals surface area contributed by atoms with Gasteiger partial charge in [-0.15, -0.1) is 0 Å². The van der Waals surface area contributed by atoms with Crippen LogP contribution < -0.4 is 5.32 Å². The third-order valence-corrected chi connectivity index (χ3v) is 4.50. The molecule has 0 spiro atoms. The number of aliphatic hydroxyl groups is 1. The summed E-state index contributed by atoms with van der Waals surface area (Å²) in [4.78, 5) is 25.5. The molecule has 0 saturated carbocycles. The van der Waals surface area contributed by atoms with Crippen LogP contribution in [-0.4, -0.2) is 51.8 Å². The monoisotopic (exact) mass is 302 g/mol. The summed E-state index contributed by atoms with van der Waals surface area (Å²) in [5.74, 6) is -0.968. The Morgan fingerprint density at radius 1 is 1.14 bits per heavy atom. The van der Waals surface area contributed by atoms with E-state index in [1.807, 2.05) is 13.8 Å². The molecule has 0 bridgehead atoms. The fourth-order valence-electron chi connectivity index (χ4n) is 2.05. The standard InChI is InChI=1S/C15H30N2O4/c1-7-11(8-2)17(9-10-18)13(21)16-15(5,6)14(3,4)12(19)20/h11,18H,7-10H2,1-6H3,(H,16,21)(H,19,20). The number of aliphatic hydroxyl groups excluding tert-OH is 1. The maximum atomic E-state index is 12.5. The Morgan fingerprint density at radius 3 is 1.95 bits per heavy atom. The van der Waals surface area contributed by atoms with E-state index in [0.717, 1.165) is 12.8 Å². The number of carbonyl (C=O) groups excluding carboxylic acids is 1. The first-order chi connectivity index (χ1) is 9.55. The lowest BCUT2D eigenvalue weighted by molar-refractivity contribution is -0.150. The quantitative estimate of drug-likeness (QED) is 0.640. The van der Waals surface area contributed by atoms with Gasteiger partial charge < -0.3 is 20.4 Å². The molecule has 0 atom stereocenters. The van der Waals surface area contributed by atoms with Crippen LogP contribution in [0.5, 0.6) is 0 Å². The lowest BCUT2D eigenvalue weighted by Gasteiger charge is -2.41. The smallest absolute Gasteiger partial charge is 0.318 e. The Kier molecular flexibility index (Phi) is 7.16. The highest BCUT2D eigenvalue weighted by Gasteiger charge is 2.45. The molecule has 0 aromatic carbocycles. The van der Waals surface area contributed by atoms with Crippen molar-refractivity contribution in [1.29, 1.82) is 0 Å². The zero-order valence-corrected chi connectivity index (χ0v) is 14.1. The third-order valence-electron chi connectivity index (χ3n) is 4.50.